The Morgan fingerprint density at radius 3 is 2.28 bits per heavy atom. The molecule has 90 valence electrons. The van der Waals surface area contributed by atoms with E-state index < -0.39 is 0 Å². The summed E-state index contributed by atoms with van der Waals surface area (Å²) in [6, 6.07) is 9.46. The zero-order valence-corrected chi connectivity index (χ0v) is 10.6. The average molecular weight is 281 g/mol. The maximum absolute atomic E-state index is 12.9. The topological polar surface area (TPSA) is 28.7 Å². The molecule has 0 aliphatic carbocycles. The van der Waals surface area contributed by atoms with Crippen molar-refractivity contribution >= 4 is 34.2 Å². The molecule has 2 nitrogen and oxygen atoms in total. The average Bonchev–Trinajstić information content (AvgIpc) is 2.81. The molecule has 3 rings (SSSR count). The van der Waals surface area contributed by atoms with Crippen molar-refractivity contribution in [2.75, 3.05) is 0 Å². The highest BCUT2D eigenvalue weighted by molar-refractivity contribution is 6.39. The molecule has 0 aliphatic heterocycles. The van der Waals surface area contributed by atoms with Crippen LogP contribution in [0.5, 0.6) is 0 Å². The van der Waals surface area contributed by atoms with E-state index in [0.29, 0.717) is 26.9 Å². The van der Waals surface area contributed by atoms with Gasteiger partial charge in [0.1, 0.15) is 17.2 Å². The Bertz CT molecular complexity index is 681. The number of nitrogens with zero attached hydrogens (tertiary/aromatic N) is 1. The van der Waals surface area contributed by atoms with Crippen molar-refractivity contribution in [2.45, 2.75) is 0 Å². The number of fused-ring (bicyclic) bond motifs is 1. The van der Waals surface area contributed by atoms with Gasteiger partial charge in [-0.3, -0.25) is 0 Å². The molecule has 0 bridgehead atoms. The molecule has 2 aromatic carbocycles. The summed E-state index contributed by atoms with van der Waals surface area (Å²) >= 11 is 12.1. The monoisotopic (exact) mass is 280 g/mol. The molecule has 1 N–H and O–H groups in total. The molecule has 3 aromatic rings. The number of H-pyrrole nitrogens is 1. The highest BCUT2D eigenvalue weighted by atomic mass is 35.5. The number of aromatic nitrogens is 2. The van der Waals surface area contributed by atoms with Gasteiger partial charge in [-0.25, -0.2) is 9.37 Å². The predicted octanol–water partition coefficient (Wildman–Crippen LogP) is 4.68. The van der Waals surface area contributed by atoms with E-state index in [1.54, 1.807) is 24.3 Å². The molecule has 0 unspecified atom stereocenters. The summed E-state index contributed by atoms with van der Waals surface area (Å²) in [7, 11) is 0. The lowest BCUT2D eigenvalue weighted by Crippen LogP contribution is -1.80. The van der Waals surface area contributed by atoms with Crippen LogP contribution >= 0.6 is 23.2 Å². The minimum atomic E-state index is -0.286. The van der Waals surface area contributed by atoms with Crippen molar-refractivity contribution in [2.24, 2.45) is 0 Å². The van der Waals surface area contributed by atoms with Gasteiger partial charge in [-0.05, 0) is 36.4 Å². The van der Waals surface area contributed by atoms with Crippen molar-refractivity contribution in [1.82, 2.24) is 9.97 Å². The summed E-state index contributed by atoms with van der Waals surface area (Å²) < 4.78 is 12.9. The largest absolute Gasteiger partial charge is 0.337 e. The van der Waals surface area contributed by atoms with Crippen LogP contribution in [0.15, 0.2) is 36.4 Å². The third-order valence-corrected chi connectivity index (χ3v) is 3.28. The quantitative estimate of drug-likeness (QED) is 0.689. The first-order valence-corrected chi connectivity index (χ1v) is 6.00. The molecular formula is C13H7Cl2FN2. The van der Waals surface area contributed by atoms with E-state index in [1.807, 2.05) is 0 Å². The maximum atomic E-state index is 12.9. The Kier molecular flexibility index (Phi) is 2.73. The molecule has 0 spiro atoms. The molecule has 0 aliphatic rings. The van der Waals surface area contributed by atoms with E-state index in [-0.39, 0.29) is 5.82 Å². The minimum Gasteiger partial charge on any atom is -0.337 e. The standard InChI is InChI=1S/C13H7Cl2FN2/c14-9-5-6-10(15)12-11(9)17-13(18-12)7-1-3-8(16)4-2-7/h1-6H,(H,17,18). The summed E-state index contributed by atoms with van der Waals surface area (Å²) in [4.78, 5) is 7.47. The number of imidazole rings is 1. The Morgan fingerprint density at radius 1 is 0.944 bits per heavy atom. The summed E-state index contributed by atoms with van der Waals surface area (Å²) in [5.74, 6) is 0.325. The SMILES string of the molecule is Fc1ccc(-c2nc3c(Cl)ccc(Cl)c3[nH]2)cc1. The molecule has 0 saturated heterocycles. The summed E-state index contributed by atoms with van der Waals surface area (Å²) in [5.41, 5.74) is 2.08. The Balaban J connectivity index is 2.22. The molecule has 18 heavy (non-hydrogen) atoms. The lowest BCUT2D eigenvalue weighted by atomic mass is 10.2. The van der Waals surface area contributed by atoms with E-state index in [1.165, 1.54) is 12.1 Å². The normalized spacial score (nSPS) is 11.1. The summed E-state index contributed by atoms with van der Waals surface area (Å²) in [5, 5.41) is 1.08. The molecular weight excluding hydrogens is 274 g/mol. The fourth-order valence-electron chi connectivity index (χ4n) is 1.77. The van der Waals surface area contributed by atoms with Crippen molar-refractivity contribution < 1.29 is 4.39 Å². The van der Waals surface area contributed by atoms with Gasteiger partial charge in [0.25, 0.3) is 0 Å². The second-order valence-corrected chi connectivity index (χ2v) is 4.66. The molecule has 0 fully saturated rings. The van der Waals surface area contributed by atoms with E-state index in [2.05, 4.69) is 9.97 Å². The number of hydrogen-bond donors (Lipinski definition) is 1. The van der Waals surface area contributed by atoms with Gasteiger partial charge in [0.2, 0.25) is 0 Å². The number of benzene rings is 2. The summed E-state index contributed by atoms with van der Waals surface area (Å²) in [6.07, 6.45) is 0. The molecule has 0 radical (unpaired) electrons. The highest BCUT2D eigenvalue weighted by Gasteiger charge is 2.10. The smallest absolute Gasteiger partial charge is 0.138 e. The first-order valence-electron chi connectivity index (χ1n) is 5.25. The van der Waals surface area contributed by atoms with E-state index in [0.717, 1.165) is 5.56 Å². The third-order valence-electron chi connectivity index (χ3n) is 2.66. The minimum absolute atomic E-state index is 0.286. The van der Waals surface area contributed by atoms with Crippen LogP contribution in [0.2, 0.25) is 10.0 Å². The predicted molar refractivity (Wildman–Crippen MR) is 71.5 cm³/mol. The van der Waals surface area contributed by atoms with Gasteiger partial charge < -0.3 is 4.98 Å². The van der Waals surface area contributed by atoms with Gasteiger partial charge in [0, 0.05) is 5.56 Å². The first kappa shape index (κ1) is 11.5. The van der Waals surface area contributed by atoms with Gasteiger partial charge in [-0.1, -0.05) is 23.2 Å². The number of hydrogen-bond acceptors (Lipinski definition) is 1. The lowest BCUT2D eigenvalue weighted by Gasteiger charge is -1.95. The van der Waals surface area contributed by atoms with Crippen molar-refractivity contribution in [1.29, 1.82) is 0 Å². The fourth-order valence-corrected chi connectivity index (χ4v) is 2.17. The number of nitrogens with one attached hydrogen (secondary N) is 1. The van der Waals surface area contributed by atoms with Crippen LogP contribution in [0.1, 0.15) is 0 Å². The zero-order valence-electron chi connectivity index (χ0n) is 9.05. The number of halogens is 3. The zero-order chi connectivity index (χ0) is 12.7. The van der Waals surface area contributed by atoms with Crippen molar-refractivity contribution in [3.63, 3.8) is 0 Å². The number of aromatic amines is 1. The summed E-state index contributed by atoms with van der Waals surface area (Å²) in [6.45, 7) is 0. The second-order valence-electron chi connectivity index (χ2n) is 3.85. The molecule has 1 aromatic heterocycles. The van der Waals surface area contributed by atoms with Crippen LogP contribution in [-0.2, 0) is 0 Å². The van der Waals surface area contributed by atoms with E-state index in [4.69, 9.17) is 23.2 Å². The highest BCUT2D eigenvalue weighted by Crippen LogP contribution is 2.30. The molecule has 0 atom stereocenters. The van der Waals surface area contributed by atoms with Crippen LogP contribution in [-0.4, -0.2) is 9.97 Å². The Labute approximate surface area is 112 Å². The third kappa shape index (κ3) is 1.85. The van der Waals surface area contributed by atoms with Crippen LogP contribution in [0.3, 0.4) is 0 Å². The van der Waals surface area contributed by atoms with Crippen LogP contribution < -0.4 is 0 Å². The van der Waals surface area contributed by atoms with E-state index >= 15 is 0 Å². The fraction of sp³-hybridized carbons (Fsp3) is 0. The van der Waals surface area contributed by atoms with Gasteiger partial charge in [-0.15, -0.1) is 0 Å². The van der Waals surface area contributed by atoms with Crippen LogP contribution in [0, 0.1) is 5.82 Å². The van der Waals surface area contributed by atoms with Gasteiger partial charge >= 0.3 is 0 Å². The van der Waals surface area contributed by atoms with Gasteiger partial charge in [0.05, 0.1) is 15.6 Å². The molecule has 0 amide bonds. The van der Waals surface area contributed by atoms with E-state index in [9.17, 15) is 4.39 Å². The maximum Gasteiger partial charge on any atom is 0.138 e. The van der Waals surface area contributed by atoms with Crippen LogP contribution in [0.25, 0.3) is 22.4 Å². The lowest BCUT2D eigenvalue weighted by molar-refractivity contribution is 0.628. The molecule has 5 heteroatoms. The molecule has 0 saturated carbocycles. The van der Waals surface area contributed by atoms with Gasteiger partial charge in [-0.2, -0.15) is 0 Å². The molecule has 1 heterocycles. The van der Waals surface area contributed by atoms with Crippen molar-refractivity contribution in [3.05, 3.63) is 52.3 Å². The second kappa shape index (κ2) is 4.26. The van der Waals surface area contributed by atoms with Gasteiger partial charge in [0.15, 0.2) is 0 Å². The Morgan fingerprint density at radius 2 is 1.61 bits per heavy atom. The first-order chi connectivity index (χ1) is 8.65. The Hall–Kier alpha value is -1.58. The number of rotatable bonds is 1. The van der Waals surface area contributed by atoms with Crippen LogP contribution in [0.4, 0.5) is 4.39 Å². The van der Waals surface area contributed by atoms with Crippen molar-refractivity contribution in [3.8, 4) is 11.4 Å².